The van der Waals surface area contributed by atoms with Crippen LogP contribution < -0.4 is 10.6 Å². The van der Waals surface area contributed by atoms with Gasteiger partial charge in [-0.3, -0.25) is 9.59 Å². The number of carbonyl (C=O) groups is 2. The van der Waals surface area contributed by atoms with E-state index >= 15 is 0 Å². The van der Waals surface area contributed by atoms with Crippen molar-refractivity contribution < 1.29 is 9.59 Å². The molecule has 0 saturated carbocycles. The quantitative estimate of drug-likeness (QED) is 0.780. The smallest absolute Gasteiger partial charge is 0.237 e. The lowest BCUT2D eigenvalue weighted by molar-refractivity contribution is -0.132. The molecule has 0 aromatic rings. The predicted molar refractivity (Wildman–Crippen MR) is 73.6 cm³/mol. The van der Waals surface area contributed by atoms with E-state index in [1.165, 1.54) is 6.42 Å². The molecule has 5 nitrogen and oxygen atoms in total. The Bertz CT molecular complexity index is 327. The van der Waals surface area contributed by atoms with Crippen LogP contribution in [0.4, 0.5) is 0 Å². The first-order valence-electron chi connectivity index (χ1n) is 7.45. The van der Waals surface area contributed by atoms with Crippen molar-refractivity contribution in [1.82, 2.24) is 15.5 Å². The summed E-state index contributed by atoms with van der Waals surface area (Å²) in [6, 6.07) is -0.0508. The molecule has 108 valence electrons. The van der Waals surface area contributed by atoms with Gasteiger partial charge in [0, 0.05) is 26.1 Å². The molecule has 2 N–H and O–H groups in total. The number of likely N-dealkylation sites (tertiary alicyclic amines) is 1. The van der Waals surface area contributed by atoms with E-state index in [1.807, 2.05) is 4.90 Å². The minimum Gasteiger partial charge on any atom is -0.354 e. The molecule has 0 aromatic heterocycles. The summed E-state index contributed by atoms with van der Waals surface area (Å²) in [6.45, 7) is 5.31. The molecule has 19 heavy (non-hydrogen) atoms. The van der Waals surface area contributed by atoms with Crippen molar-refractivity contribution in [3.05, 3.63) is 0 Å². The number of hydrogen-bond donors (Lipinski definition) is 2. The molecule has 2 rings (SSSR count). The molecule has 2 aliphatic rings. The third-order valence-electron chi connectivity index (χ3n) is 4.02. The maximum absolute atomic E-state index is 12.0. The first-order chi connectivity index (χ1) is 9.16. The van der Waals surface area contributed by atoms with E-state index in [1.54, 1.807) is 0 Å². The molecule has 0 spiro atoms. The van der Waals surface area contributed by atoms with Gasteiger partial charge in [-0.25, -0.2) is 0 Å². The lowest BCUT2D eigenvalue weighted by Crippen LogP contribution is -2.43. The van der Waals surface area contributed by atoms with E-state index in [4.69, 9.17) is 0 Å². The lowest BCUT2D eigenvalue weighted by atomic mass is 10.00. The average molecular weight is 267 g/mol. The van der Waals surface area contributed by atoms with Gasteiger partial charge in [-0.1, -0.05) is 6.92 Å². The summed E-state index contributed by atoms with van der Waals surface area (Å²) in [5.74, 6) is 0.818. The second kappa shape index (κ2) is 6.89. The van der Waals surface area contributed by atoms with Gasteiger partial charge < -0.3 is 15.5 Å². The van der Waals surface area contributed by atoms with Crippen molar-refractivity contribution in [2.45, 2.75) is 45.1 Å². The van der Waals surface area contributed by atoms with Crippen LogP contribution in [0.15, 0.2) is 0 Å². The van der Waals surface area contributed by atoms with Crippen LogP contribution in [-0.2, 0) is 9.59 Å². The minimum absolute atomic E-state index is 0.0392. The SMILES string of the molecule is CC1CCCN(C(=O)CCNC(=O)C2CCCN2)C1. The van der Waals surface area contributed by atoms with Crippen LogP contribution in [0.1, 0.15) is 39.0 Å². The summed E-state index contributed by atoms with van der Waals surface area (Å²) in [7, 11) is 0. The minimum atomic E-state index is -0.0508. The van der Waals surface area contributed by atoms with Gasteiger partial charge in [0.2, 0.25) is 11.8 Å². The van der Waals surface area contributed by atoms with Gasteiger partial charge in [0.05, 0.1) is 6.04 Å². The van der Waals surface area contributed by atoms with Crippen molar-refractivity contribution in [1.29, 1.82) is 0 Å². The van der Waals surface area contributed by atoms with Gasteiger partial charge in [0.25, 0.3) is 0 Å². The molecule has 2 amide bonds. The highest BCUT2D eigenvalue weighted by atomic mass is 16.2. The number of hydrogen-bond acceptors (Lipinski definition) is 3. The monoisotopic (exact) mass is 267 g/mol. The van der Waals surface area contributed by atoms with Gasteiger partial charge in [-0.2, -0.15) is 0 Å². The number of amides is 2. The Labute approximate surface area is 115 Å². The first-order valence-corrected chi connectivity index (χ1v) is 7.45. The molecule has 0 aliphatic carbocycles. The third kappa shape index (κ3) is 4.20. The van der Waals surface area contributed by atoms with Gasteiger partial charge >= 0.3 is 0 Å². The average Bonchev–Trinajstić information content (AvgIpc) is 2.92. The zero-order chi connectivity index (χ0) is 13.7. The maximum atomic E-state index is 12.0. The number of nitrogens with one attached hydrogen (secondary N) is 2. The van der Waals surface area contributed by atoms with Crippen LogP contribution in [-0.4, -0.2) is 48.9 Å². The summed E-state index contributed by atoms with van der Waals surface area (Å²) in [5.41, 5.74) is 0. The van der Waals surface area contributed by atoms with Crippen molar-refractivity contribution in [3.8, 4) is 0 Å². The Morgan fingerprint density at radius 3 is 2.84 bits per heavy atom. The van der Waals surface area contributed by atoms with E-state index in [2.05, 4.69) is 17.6 Å². The zero-order valence-corrected chi connectivity index (χ0v) is 11.8. The Balaban J connectivity index is 1.64. The summed E-state index contributed by atoms with van der Waals surface area (Å²) >= 11 is 0. The molecule has 0 bridgehead atoms. The predicted octanol–water partition coefficient (Wildman–Crippen LogP) is 0.503. The second-order valence-corrected chi connectivity index (χ2v) is 5.78. The van der Waals surface area contributed by atoms with Crippen molar-refractivity contribution in [2.75, 3.05) is 26.2 Å². The lowest BCUT2D eigenvalue weighted by Gasteiger charge is -2.31. The van der Waals surface area contributed by atoms with Gasteiger partial charge in [0.15, 0.2) is 0 Å². The van der Waals surface area contributed by atoms with Crippen LogP contribution in [0.3, 0.4) is 0 Å². The Morgan fingerprint density at radius 1 is 1.32 bits per heavy atom. The molecule has 2 unspecified atom stereocenters. The molecule has 2 aliphatic heterocycles. The zero-order valence-electron chi connectivity index (χ0n) is 11.8. The fraction of sp³-hybridized carbons (Fsp3) is 0.857. The second-order valence-electron chi connectivity index (χ2n) is 5.78. The van der Waals surface area contributed by atoms with Crippen LogP contribution in [0.25, 0.3) is 0 Å². The standard InChI is InChI=1S/C14H25N3O2/c1-11-4-3-9-17(10-11)13(18)6-8-16-14(19)12-5-2-7-15-12/h11-12,15H,2-10H2,1H3,(H,16,19). The van der Waals surface area contributed by atoms with E-state index in [0.29, 0.717) is 18.9 Å². The topological polar surface area (TPSA) is 61.4 Å². The van der Waals surface area contributed by atoms with E-state index in [-0.39, 0.29) is 17.9 Å². The van der Waals surface area contributed by atoms with E-state index in [0.717, 1.165) is 38.9 Å². The molecular formula is C14H25N3O2. The maximum Gasteiger partial charge on any atom is 0.237 e. The summed E-state index contributed by atoms with van der Waals surface area (Å²) < 4.78 is 0. The van der Waals surface area contributed by atoms with Crippen LogP contribution in [0.2, 0.25) is 0 Å². The Kier molecular flexibility index (Phi) is 5.19. The summed E-state index contributed by atoms with van der Waals surface area (Å²) in [6.07, 6.45) is 4.70. The van der Waals surface area contributed by atoms with Crippen LogP contribution in [0, 0.1) is 5.92 Å². The number of carbonyl (C=O) groups excluding carboxylic acids is 2. The number of piperidine rings is 1. The van der Waals surface area contributed by atoms with Crippen molar-refractivity contribution in [2.24, 2.45) is 5.92 Å². The normalized spacial score (nSPS) is 27.3. The Hall–Kier alpha value is -1.10. The molecule has 5 heteroatoms. The van der Waals surface area contributed by atoms with Crippen molar-refractivity contribution in [3.63, 3.8) is 0 Å². The van der Waals surface area contributed by atoms with Gasteiger partial charge in [-0.05, 0) is 38.1 Å². The molecular weight excluding hydrogens is 242 g/mol. The molecule has 2 atom stereocenters. The fourth-order valence-electron chi connectivity index (χ4n) is 2.90. The van der Waals surface area contributed by atoms with Gasteiger partial charge in [0.1, 0.15) is 0 Å². The van der Waals surface area contributed by atoms with Crippen molar-refractivity contribution >= 4 is 11.8 Å². The number of nitrogens with zero attached hydrogens (tertiary/aromatic N) is 1. The van der Waals surface area contributed by atoms with E-state index in [9.17, 15) is 9.59 Å². The highest BCUT2D eigenvalue weighted by molar-refractivity contribution is 5.83. The highest BCUT2D eigenvalue weighted by Crippen LogP contribution is 2.15. The molecule has 2 fully saturated rings. The van der Waals surface area contributed by atoms with Crippen LogP contribution in [0.5, 0.6) is 0 Å². The first kappa shape index (κ1) is 14.3. The molecule has 2 heterocycles. The largest absolute Gasteiger partial charge is 0.354 e. The third-order valence-corrected chi connectivity index (χ3v) is 4.02. The Morgan fingerprint density at radius 2 is 2.16 bits per heavy atom. The molecule has 0 aromatic carbocycles. The molecule has 2 saturated heterocycles. The van der Waals surface area contributed by atoms with Crippen LogP contribution >= 0.6 is 0 Å². The molecule has 0 radical (unpaired) electrons. The number of rotatable bonds is 4. The van der Waals surface area contributed by atoms with E-state index < -0.39 is 0 Å². The highest BCUT2D eigenvalue weighted by Gasteiger charge is 2.23. The summed E-state index contributed by atoms with van der Waals surface area (Å²) in [5, 5.41) is 6.01. The summed E-state index contributed by atoms with van der Waals surface area (Å²) in [4.78, 5) is 25.7. The fourth-order valence-corrected chi connectivity index (χ4v) is 2.90. The van der Waals surface area contributed by atoms with Gasteiger partial charge in [-0.15, -0.1) is 0 Å².